The van der Waals surface area contributed by atoms with Crippen LogP contribution in [-0.4, -0.2) is 5.97 Å². The second-order valence-electron chi connectivity index (χ2n) is 2.52. The molecule has 0 atom stereocenters. The molecule has 0 aromatic heterocycles. The highest BCUT2D eigenvalue weighted by atomic mass is 35.5. The van der Waals surface area contributed by atoms with Crippen molar-refractivity contribution in [3.8, 4) is 0 Å². The molecule has 0 heterocycles. The van der Waals surface area contributed by atoms with Crippen LogP contribution in [0.3, 0.4) is 0 Å². The van der Waals surface area contributed by atoms with Gasteiger partial charge in [-0.25, -0.2) is 9.74 Å². The summed E-state index contributed by atoms with van der Waals surface area (Å²) in [5.74, 6) is -1.02. The van der Waals surface area contributed by atoms with E-state index in [1.54, 1.807) is 6.07 Å². The van der Waals surface area contributed by atoms with Crippen molar-refractivity contribution >= 4 is 17.6 Å². The maximum atomic E-state index is 11.5. The summed E-state index contributed by atoms with van der Waals surface area (Å²) >= 11 is 5.80. The summed E-state index contributed by atoms with van der Waals surface area (Å²) in [4.78, 5) is 13.8. The van der Waals surface area contributed by atoms with E-state index in [0.29, 0.717) is 5.02 Å². The van der Waals surface area contributed by atoms with Gasteiger partial charge in [-0.15, -0.1) is 0 Å². The smallest absolute Gasteiger partial charge is 0.249 e. The molecule has 2 nitrogen and oxygen atoms in total. The first-order chi connectivity index (χ1) is 6.19. The Hall–Kier alpha value is -1.09. The van der Waals surface area contributed by atoms with Gasteiger partial charge in [-0.2, -0.15) is 0 Å². The molecule has 0 fully saturated rings. The normalized spacial score (nSPS) is 9.77. The highest BCUT2D eigenvalue weighted by Gasteiger charge is 2.09. The Kier molecular flexibility index (Phi) is 3.25. The fraction of sp³-hybridized carbons (Fsp3) is 0.222. The fourth-order valence-corrected chi connectivity index (χ4v) is 1.32. The summed E-state index contributed by atoms with van der Waals surface area (Å²) < 4.78 is 11.5. The number of carbonyl (C=O) groups is 1. The monoisotopic (exact) mass is 202 g/mol. The molecule has 0 aliphatic heterocycles. The molecule has 0 saturated carbocycles. The lowest BCUT2D eigenvalue weighted by Gasteiger charge is -2.01. The number of aryl methyl sites for hydroxylation is 1. The van der Waals surface area contributed by atoms with Crippen molar-refractivity contribution < 1.29 is 14.3 Å². The topological polar surface area (TPSA) is 26.3 Å². The zero-order valence-corrected chi connectivity index (χ0v) is 7.77. The first-order valence-electron chi connectivity index (χ1n) is 3.80. The second-order valence-corrected chi connectivity index (χ2v) is 2.93. The van der Waals surface area contributed by atoms with Crippen molar-refractivity contribution in [3.63, 3.8) is 0 Å². The second kappa shape index (κ2) is 4.23. The van der Waals surface area contributed by atoms with Crippen LogP contribution in [0.15, 0.2) is 18.2 Å². The molecule has 0 bridgehead atoms. The minimum absolute atomic E-state index is 0.115. The van der Waals surface area contributed by atoms with Crippen LogP contribution in [0.5, 0.6) is 0 Å². The van der Waals surface area contributed by atoms with Crippen LogP contribution in [-0.2, 0) is 11.4 Å². The largest absolute Gasteiger partial charge is 0.379 e. The molecular formula is C9H8ClFO2. The van der Waals surface area contributed by atoms with E-state index in [-0.39, 0.29) is 5.56 Å². The molecule has 1 rings (SSSR count). The molecule has 0 aliphatic carbocycles. The molecule has 0 radical (unpaired) electrons. The third-order valence-electron chi connectivity index (χ3n) is 1.74. The van der Waals surface area contributed by atoms with Gasteiger partial charge >= 0.3 is 5.97 Å². The Bertz CT molecular complexity index is 325. The Balaban J connectivity index is 3.02. The minimum Gasteiger partial charge on any atom is -0.249 e. The summed E-state index contributed by atoms with van der Waals surface area (Å²) in [5, 5.41) is 0.449. The molecule has 0 unspecified atom stereocenters. The average molecular weight is 203 g/mol. The number of carbonyl (C=O) groups excluding carboxylic acids is 1. The number of hydrogen-bond acceptors (Lipinski definition) is 2. The molecular weight excluding hydrogens is 195 g/mol. The highest BCUT2D eigenvalue weighted by Crippen LogP contribution is 2.18. The van der Waals surface area contributed by atoms with Crippen molar-refractivity contribution in [1.82, 2.24) is 0 Å². The van der Waals surface area contributed by atoms with Gasteiger partial charge in [0.15, 0.2) is 0 Å². The van der Waals surface area contributed by atoms with Crippen LogP contribution >= 0.6 is 11.6 Å². The lowest BCUT2D eigenvalue weighted by atomic mass is 10.1. The molecule has 0 saturated heterocycles. The van der Waals surface area contributed by atoms with E-state index >= 15 is 0 Å². The van der Waals surface area contributed by atoms with Crippen molar-refractivity contribution in [3.05, 3.63) is 34.3 Å². The van der Waals surface area contributed by atoms with E-state index in [1.165, 1.54) is 12.1 Å². The van der Waals surface area contributed by atoms with E-state index in [4.69, 9.17) is 11.6 Å². The van der Waals surface area contributed by atoms with Crippen LogP contribution < -0.4 is 0 Å². The molecule has 0 aliphatic rings. The fourth-order valence-electron chi connectivity index (χ4n) is 1.01. The van der Waals surface area contributed by atoms with Gasteiger partial charge in [-0.1, -0.05) is 24.6 Å². The summed E-state index contributed by atoms with van der Waals surface area (Å²) in [6.45, 7) is 1.94. The number of hydrogen-bond donors (Lipinski definition) is 0. The maximum Gasteiger partial charge on any atom is 0.379 e. The first-order valence-corrected chi connectivity index (χ1v) is 4.18. The van der Waals surface area contributed by atoms with E-state index in [2.05, 4.69) is 4.94 Å². The standard InChI is InChI=1S/C9H8ClFO2/c1-2-6-3-4-7(5-8(6)10)9(12)13-11/h3-5H,2H2,1H3. The quantitative estimate of drug-likeness (QED) is 0.737. The average Bonchev–Trinajstić information content (AvgIpc) is 2.16. The Labute approximate surface area is 80.2 Å². The van der Waals surface area contributed by atoms with Gasteiger partial charge in [0.2, 0.25) is 0 Å². The molecule has 1 aromatic rings. The molecule has 70 valence electrons. The minimum atomic E-state index is -1.02. The third-order valence-corrected chi connectivity index (χ3v) is 2.09. The van der Waals surface area contributed by atoms with Gasteiger partial charge < -0.3 is 0 Å². The van der Waals surface area contributed by atoms with Gasteiger partial charge in [0.25, 0.3) is 0 Å². The van der Waals surface area contributed by atoms with Gasteiger partial charge in [-0.05, 0) is 24.1 Å². The number of benzene rings is 1. The predicted octanol–water partition coefficient (Wildman–Crippen LogP) is 2.94. The zero-order chi connectivity index (χ0) is 9.84. The molecule has 1 aromatic carbocycles. The molecule has 4 heteroatoms. The van der Waals surface area contributed by atoms with E-state index < -0.39 is 5.97 Å². The van der Waals surface area contributed by atoms with Crippen LogP contribution in [0.2, 0.25) is 5.02 Å². The van der Waals surface area contributed by atoms with Crippen molar-refractivity contribution in [2.75, 3.05) is 0 Å². The summed E-state index contributed by atoms with van der Waals surface area (Å²) in [5.41, 5.74) is 1.03. The molecule has 0 N–H and O–H groups in total. The van der Waals surface area contributed by atoms with E-state index in [1.807, 2.05) is 6.92 Å². The van der Waals surface area contributed by atoms with Crippen LogP contribution in [0.4, 0.5) is 4.53 Å². The Morgan fingerprint density at radius 2 is 2.31 bits per heavy atom. The van der Waals surface area contributed by atoms with Crippen molar-refractivity contribution in [2.24, 2.45) is 0 Å². The van der Waals surface area contributed by atoms with Crippen molar-refractivity contribution in [2.45, 2.75) is 13.3 Å². The third kappa shape index (κ3) is 2.18. The lowest BCUT2D eigenvalue weighted by Crippen LogP contribution is -1.99. The van der Waals surface area contributed by atoms with E-state index in [9.17, 15) is 9.32 Å². The van der Waals surface area contributed by atoms with Gasteiger partial charge in [0.1, 0.15) is 0 Å². The predicted molar refractivity (Wildman–Crippen MR) is 47.4 cm³/mol. The van der Waals surface area contributed by atoms with Crippen LogP contribution in [0.1, 0.15) is 22.8 Å². The zero-order valence-electron chi connectivity index (χ0n) is 7.01. The SMILES string of the molecule is CCc1ccc(C(=O)OF)cc1Cl. The van der Waals surface area contributed by atoms with Crippen LogP contribution in [0.25, 0.3) is 0 Å². The number of rotatable bonds is 2. The Morgan fingerprint density at radius 1 is 1.62 bits per heavy atom. The molecule has 0 amide bonds. The van der Waals surface area contributed by atoms with Crippen LogP contribution in [0, 0.1) is 0 Å². The van der Waals surface area contributed by atoms with Gasteiger partial charge in [0, 0.05) is 9.55 Å². The Morgan fingerprint density at radius 3 is 2.77 bits per heavy atom. The van der Waals surface area contributed by atoms with E-state index in [0.717, 1.165) is 12.0 Å². The van der Waals surface area contributed by atoms with Gasteiger partial charge in [0.05, 0.1) is 5.56 Å². The highest BCUT2D eigenvalue weighted by molar-refractivity contribution is 6.31. The molecule has 0 spiro atoms. The molecule has 13 heavy (non-hydrogen) atoms. The summed E-state index contributed by atoms with van der Waals surface area (Å²) in [6.07, 6.45) is 0.768. The summed E-state index contributed by atoms with van der Waals surface area (Å²) in [7, 11) is 0. The van der Waals surface area contributed by atoms with Crippen molar-refractivity contribution in [1.29, 1.82) is 0 Å². The lowest BCUT2D eigenvalue weighted by molar-refractivity contribution is -0.0788. The number of halogens is 2. The van der Waals surface area contributed by atoms with Gasteiger partial charge in [-0.3, -0.25) is 0 Å². The first kappa shape index (κ1) is 9.99. The maximum absolute atomic E-state index is 11.5. The summed E-state index contributed by atoms with van der Waals surface area (Å²) in [6, 6.07) is 4.55.